The Hall–Kier alpha value is 2.29. The van der Waals surface area contributed by atoms with Gasteiger partial charge in [0.25, 0.3) is 0 Å². The lowest BCUT2D eigenvalue weighted by Crippen LogP contribution is -2.21. The van der Waals surface area contributed by atoms with E-state index in [9.17, 15) is 0 Å². The monoisotopic (exact) mass is 618 g/mol. The van der Waals surface area contributed by atoms with Gasteiger partial charge in [0.15, 0.2) is 0 Å². The van der Waals surface area contributed by atoms with Gasteiger partial charge >= 0.3 is 0 Å². The molecule has 0 amide bonds. The van der Waals surface area contributed by atoms with E-state index in [1.165, 1.54) is 53.1 Å². The smallest absolute Gasteiger partial charge is 0.0900 e. The maximum atomic E-state index is 5.47. The Balaban J connectivity index is 1.17. The zero-order chi connectivity index (χ0) is 24.3. The fourth-order valence-electron chi connectivity index (χ4n) is 3.79. The van der Waals surface area contributed by atoms with E-state index >= 15 is 0 Å². The molecule has 4 aliphatic rings. The molecule has 8 atom stereocenters. The maximum absolute atomic E-state index is 5.47. The molecular formula is C24H42O4S7. The van der Waals surface area contributed by atoms with Gasteiger partial charge in [0, 0.05) is 67.0 Å². The van der Waals surface area contributed by atoms with Gasteiger partial charge in [-0.1, -0.05) is 0 Å². The van der Waals surface area contributed by atoms with Crippen LogP contribution < -0.4 is 0 Å². The third-order valence-electron chi connectivity index (χ3n) is 6.13. The van der Waals surface area contributed by atoms with Crippen molar-refractivity contribution in [2.24, 2.45) is 0 Å². The van der Waals surface area contributed by atoms with Crippen LogP contribution in [0.4, 0.5) is 0 Å². The van der Waals surface area contributed by atoms with Crippen LogP contribution in [-0.2, 0) is 18.9 Å². The van der Waals surface area contributed by atoms with Crippen molar-refractivity contribution in [2.75, 3.05) is 72.5 Å². The first kappa shape index (κ1) is 30.3. The fourth-order valence-corrected chi connectivity index (χ4v) is 11.7. The Morgan fingerprint density at radius 1 is 0.571 bits per heavy atom. The van der Waals surface area contributed by atoms with Gasteiger partial charge in [-0.15, -0.1) is 0 Å². The zero-order valence-corrected chi connectivity index (χ0v) is 26.4. The molecule has 204 valence electrons. The Labute approximate surface area is 244 Å². The number of thiol groups is 2. The standard InChI is InChI=1S/C24H42O4S7/c29-21(5-17-9-25-17)7-23(15-33-2-1-31-13-19-11-27-19)35-16-24(8-22(30)6-18-10-26-18)34-4-3-32-14-20-12-28-20/h17-24,29-30H,1-16H2. The van der Waals surface area contributed by atoms with Crippen molar-refractivity contribution < 1.29 is 18.9 Å². The molecule has 0 aromatic heterocycles. The average molecular weight is 619 g/mol. The third-order valence-corrected chi connectivity index (χ3v) is 13.9. The first-order valence-corrected chi connectivity index (χ1v) is 19.5. The summed E-state index contributed by atoms with van der Waals surface area (Å²) in [5, 5.41) is 2.20. The summed E-state index contributed by atoms with van der Waals surface area (Å²) in [4.78, 5) is 0. The van der Waals surface area contributed by atoms with Crippen LogP contribution in [0.15, 0.2) is 0 Å². The minimum atomic E-state index is 0.443. The molecule has 0 spiro atoms. The van der Waals surface area contributed by atoms with Crippen LogP contribution in [0.25, 0.3) is 0 Å². The van der Waals surface area contributed by atoms with E-state index in [0.29, 0.717) is 45.4 Å². The predicted octanol–water partition coefficient (Wildman–Crippen LogP) is 5.14. The van der Waals surface area contributed by atoms with E-state index in [1.54, 1.807) is 0 Å². The number of hydrogen-bond acceptors (Lipinski definition) is 11. The van der Waals surface area contributed by atoms with Crippen molar-refractivity contribution >= 4 is 84.1 Å². The van der Waals surface area contributed by atoms with Crippen LogP contribution in [0.2, 0.25) is 0 Å². The quantitative estimate of drug-likeness (QED) is 0.0870. The predicted molar refractivity (Wildman–Crippen MR) is 167 cm³/mol. The maximum Gasteiger partial charge on any atom is 0.0900 e. The van der Waals surface area contributed by atoms with Crippen LogP contribution in [0.3, 0.4) is 0 Å². The molecule has 0 aromatic carbocycles. The number of thioether (sulfide) groups is 5. The van der Waals surface area contributed by atoms with E-state index in [4.69, 9.17) is 44.2 Å². The highest BCUT2D eigenvalue weighted by atomic mass is 32.2. The summed E-state index contributed by atoms with van der Waals surface area (Å²) < 4.78 is 21.6. The summed E-state index contributed by atoms with van der Waals surface area (Å²) in [5.41, 5.74) is 0. The van der Waals surface area contributed by atoms with Gasteiger partial charge in [0.2, 0.25) is 0 Å². The molecule has 0 aromatic rings. The summed E-state index contributed by atoms with van der Waals surface area (Å²) in [6.45, 7) is 3.81. The van der Waals surface area contributed by atoms with Gasteiger partial charge in [-0.25, -0.2) is 0 Å². The van der Waals surface area contributed by atoms with Crippen LogP contribution in [0.1, 0.15) is 25.7 Å². The summed E-state index contributed by atoms with van der Waals surface area (Å²) >= 11 is 20.4. The van der Waals surface area contributed by atoms with Crippen LogP contribution in [0.5, 0.6) is 0 Å². The minimum absolute atomic E-state index is 0.443. The molecule has 11 heteroatoms. The highest BCUT2D eigenvalue weighted by molar-refractivity contribution is 8.06. The molecule has 0 N–H and O–H groups in total. The Bertz CT molecular complexity index is 576. The molecule has 4 nitrogen and oxygen atoms in total. The van der Waals surface area contributed by atoms with Gasteiger partial charge in [-0.05, 0) is 25.7 Å². The topological polar surface area (TPSA) is 50.1 Å². The molecule has 0 radical (unpaired) electrons. The molecule has 0 saturated carbocycles. The van der Waals surface area contributed by atoms with Gasteiger partial charge < -0.3 is 18.9 Å². The van der Waals surface area contributed by atoms with Crippen molar-refractivity contribution in [2.45, 2.75) is 71.1 Å². The fraction of sp³-hybridized carbons (Fsp3) is 1.00. The van der Waals surface area contributed by atoms with E-state index in [1.807, 2.05) is 23.5 Å². The van der Waals surface area contributed by atoms with Crippen LogP contribution in [-0.4, -0.2) is 118 Å². The number of ether oxygens (including phenoxy) is 4. The summed E-state index contributed by atoms with van der Waals surface area (Å²) in [5.74, 6) is 9.67. The van der Waals surface area contributed by atoms with Crippen molar-refractivity contribution in [3.05, 3.63) is 0 Å². The number of hydrogen-bond donors (Lipinski definition) is 2. The largest absolute Gasteiger partial charge is 0.373 e. The summed E-state index contributed by atoms with van der Waals surface area (Å²) in [7, 11) is 0. The lowest BCUT2D eigenvalue weighted by Gasteiger charge is -2.24. The molecule has 0 bridgehead atoms. The van der Waals surface area contributed by atoms with Crippen molar-refractivity contribution in [1.29, 1.82) is 0 Å². The van der Waals surface area contributed by atoms with Crippen molar-refractivity contribution in [3.63, 3.8) is 0 Å². The molecule has 4 aliphatic heterocycles. The first-order valence-electron chi connectivity index (χ1n) is 12.9. The van der Waals surface area contributed by atoms with E-state index in [0.717, 1.165) is 45.0 Å². The number of rotatable bonds is 24. The lowest BCUT2D eigenvalue weighted by molar-refractivity contribution is 0.392. The lowest BCUT2D eigenvalue weighted by atomic mass is 10.1. The Morgan fingerprint density at radius 2 is 1.03 bits per heavy atom. The second-order valence-corrected chi connectivity index (χ2v) is 17.4. The van der Waals surface area contributed by atoms with Gasteiger partial charge in [0.05, 0.1) is 50.8 Å². The highest BCUT2D eigenvalue weighted by Crippen LogP contribution is 2.33. The highest BCUT2D eigenvalue weighted by Gasteiger charge is 2.29. The Kier molecular flexibility index (Phi) is 14.9. The van der Waals surface area contributed by atoms with Gasteiger partial charge in [0.1, 0.15) is 0 Å². The van der Waals surface area contributed by atoms with E-state index in [2.05, 4.69) is 35.3 Å². The molecular weight excluding hydrogens is 577 g/mol. The SMILES string of the molecule is SC(CC1CO1)CC(CSCCSCC1CO1)SCC(CC(S)CC1CO1)SCCSCC1CO1. The van der Waals surface area contributed by atoms with Gasteiger partial charge in [-0.2, -0.15) is 84.1 Å². The van der Waals surface area contributed by atoms with E-state index in [-0.39, 0.29) is 0 Å². The van der Waals surface area contributed by atoms with E-state index < -0.39 is 0 Å². The van der Waals surface area contributed by atoms with Crippen LogP contribution in [0, 0.1) is 0 Å². The zero-order valence-electron chi connectivity index (χ0n) is 20.5. The molecule has 0 aliphatic carbocycles. The van der Waals surface area contributed by atoms with Gasteiger partial charge in [-0.3, -0.25) is 0 Å². The van der Waals surface area contributed by atoms with Crippen LogP contribution >= 0.6 is 84.1 Å². The molecule has 4 rings (SSSR count). The summed E-state index contributed by atoms with van der Waals surface area (Å²) in [6.07, 6.45) is 6.56. The molecule has 4 heterocycles. The molecule has 4 saturated heterocycles. The first-order chi connectivity index (χ1) is 17.1. The molecule has 4 fully saturated rings. The summed E-state index contributed by atoms with van der Waals surface area (Å²) in [6, 6.07) is 0. The second kappa shape index (κ2) is 17.2. The third kappa shape index (κ3) is 15.6. The minimum Gasteiger partial charge on any atom is -0.373 e. The normalized spacial score (nSPS) is 30.0. The molecule has 8 unspecified atom stereocenters. The number of epoxide rings is 4. The second-order valence-electron chi connectivity index (χ2n) is 9.74. The van der Waals surface area contributed by atoms with Crippen molar-refractivity contribution in [3.8, 4) is 0 Å². The average Bonchev–Trinajstić information content (AvgIpc) is 3.66. The Morgan fingerprint density at radius 3 is 1.54 bits per heavy atom. The van der Waals surface area contributed by atoms with Crippen molar-refractivity contribution in [1.82, 2.24) is 0 Å². The molecule has 35 heavy (non-hydrogen) atoms.